The molecule has 5 nitrogen and oxygen atoms in total. The number of fused-ring (bicyclic) bond motifs is 1. The number of nitrogens with one attached hydrogen (secondary N) is 2. The molecule has 5 heteroatoms. The standard InChI is InChI=1S/C20H19N3O2/c1-13-6-3-7-14(2)19(13)23-18(25)12-17(24)22-16-10-4-8-15-9-5-11-21-20(15)16/h3-11H,12H2,1-2H3,(H,22,24)(H,23,25). The minimum atomic E-state index is -0.373. The predicted octanol–water partition coefficient (Wildman–Crippen LogP) is 3.82. The van der Waals surface area contributed by atoms with E-state index in [0.29, 0.717) is 11.2 Å². The number of hydrogen-bond donors (Lipinski definition) is 2. The Morgan fingerprint density at radius 3 is 2.28 bits per heavy atom. The fourth-order valence-corrected chi connectivity index (χ4v) is 2.74. The first-order valence-electron chi connectivity index (χ1n) is 8.04. The molecule has 25 heavy (non-hydrogen) atoms. The van der Waals surface area contributed by atoms with Crippen LogP contribution in [0.1, 0.15) is 17.5 Å². The van der Waals surface area contributed by atoms with Crippen LogP contribution in [-0.2, 0) is 9.59 Å². The van der Waals surface area contributed by atoms with E-state index in [-0.39, 0.29) is 18.2 Å². The smallest absolute Gasteiger partial charge is 0.233 e. The molecule has 0 unspecified atom stereocenters. The van der Waals surface area contributed by atoms with Crippen molar-refractivity contribution in [2.45, 2.75) is 20.3 Å². The highest BCUT2D eigenvalue weighted by Gasteiger charge is 2.13. The van der Waals surface area contributed by atoms with Crippen molar-refractivity contribution in [3.63, 3.8) is 0 Å². The summed E-state index contributed by atoms with van der Waals surface area (Å²) in [6.45, 7) is 3.84. The first-order chi connectivity index (χ1) is 12.0. The maximum atomic E-state index is 12.2. The van der Waals surface area contributed by atoms with Crippen LogP contribution in [0.3, 0.4) is 0 Å². The van der Waals surface area contributed by atoms with Gasteiger partial charge in [-0.25, -0.2) is 0 Å². The van der Waals surface area contributed by atoms with E-state index in [1.165, 1.54) is 0 Å². The van der Waals surface area contributed by atoms with Gasteiger partial charge in [-0.15, -0.1) is 0 Å². The zero-order valence-electron chi connectivity index (χ0n) is 14.2. The van der Waals surface area contributed by atoms with Gasteiger partial charge in [0, 0.05) is 17.3 Å². The molecule has 126 valence electrons. The number of carbonyl (C=O) groups is 2. The number of aryl methyl sites for hydroxylation is 2. The second kappa shape index (κ2) is 7.13. The van der Waals surface area contributed by atoms with E-state index in [2.05, 4.69) is 15.6 Å². The summed E-state index contributed by atoms with van der Waals surface area (Å²) >= 11 is 0. The number of benzene rings is 2. The van der Waals surface area contributed by atoms with Crippen LogP contribution in [-0.4, -0.2) is 16.8 Å². The van der Waals surface area contributed by atoms with E-state index in [1.807, 2.05) is 56.3 Å². The molecule has 1 aromatic heterocycles. The molecule has 0 aliphatic carbocycles. The third-order valence-electron chi connectivity index (χ3n) is 3.97. The maximum Gasteiger partial charge on any atom is 0.233 e. The number of anilines is 2. The van der Waals surface area contributed by atoms with Crippen LogP contribution < -0.4 is 10.6 Å². The zero-order chi connectivity index (χ0) is 17.8. The lowest BCUT2D eigenvalue weighted by Gasteiger charge is -2.12. The summed E-state index contributed by atoms with van der Waals surface area (Å²) in [5.74, 6) is -0.718. The van der Waals surface area contributed by atoms with Gasteiger partial charge in [-0.05, 0) is 37.1 Å². The number of pyridine rings is 1. The Balaban J connectivity index is 1.69. The maximum absolute atomic E-state index is 12.2. The van der Waals surface area contributed by atoms with Gasteiger partial charge in [-0.2, -0.15) is 0 Å². The van der Waals surface area contributed by atoms with Gasteiger partial charge in [0.15, 0.2) is 0 Å². The molecule has 0 saturated carbocycles. The molecule has 3 rings (SSSR count). The van der Waals surface area contributed by atoms with Crippen LogP contribution in [0.25, 0.3) is 10.9 Å². The topological polar surface area (TPSA) is 71.1 Å². The summed E-state index contributed by atoms with van der Waals surface area (Å²) in [6, 6.07) is 15.1. The summed E-state index contributed by atoms with van der Waals surface area (Å²) in [7, 11) is 0. The monoisotopic (exact) mass is 333 g/mol. The molecule has 1 heterocycles. The summed E-state index contributed by atoms with van der Waals surface area (Å²) in [6.07, 6.45) is 1.42. The van der Waals surface area contributed by atoms with E-state index < -0.39 is 0 Å². The molecule has 2 amide bonds. The Morgan fingerprint density at radius 1 is 0.880 bits per heavy atom. The minimum Gasteiger partial charge on any atom is -0.325 e. The molecule has 0 bridgehead atoms. The second-order valence-electron chi connectivity index (χ2n) is 5.92. The summed E-state index contributed by atoms with van der Waals surface area (Å²) in [5.41, 5.74) is 3.99. The fraction of sp³-hybridized carbons (Fsp3) is 0.150. The van der Waals surface area contributed by atoms with Crippen molar-refractivity contribution in [1.82, 2.24) is 4.98 Å². The summed E-state index contributed by atoms with van der Waals surface area (Å²) in [4.78, 5) is 28.7. The lowest BCUT2D eigenvalue weighted by Crippen LogP contribution is -2.22. The van der Waals surface area contributed by atoms with Crippen molar-refractivity contribution < 1.29 is 9.59 Å². The molecule has 0 aliphatic rings. The normalized spacial score (nSPS) is 10.5. The average molecular weight is 333 g/mol. The SMILES string of the molecule is Cc1cccc(C)c1NC(=O)CC(=O)Nc1cccc2cccnc12. The van der Waals surface area contributed by atoms with Crippen LogP contribution >= 0.6 is 0 Å². The molecule has 2 N–H and O–H groups in total. The first kappa shape index (κ1) is 16.6. The van der Waals surface area contributed by atoms with E-state index >= 15 is 0 Å². The molecule has 0 saturated heterocycles. The number of para-hydroxylation sites is 2. The third kappa shape index (κ3) is 3.83. The molecule has 2 aromatic carbocycles. The lowest BCUT2D eigenvalue weighted by atomic mass is 10.1. The van der Waals surface area contributed by atoms with Crippen molar-refractivity contribution >= 4 is 34.1 Å². The number of rotatable bonds is 4. The predicted molar refractivity (Wildman–Crippen MR) is 99.5 cm³/mol. The molecule has 0 radical (unpaired) electrons. The van der Waals surface area contributed by atoms with Gasteiger partial charge in [0.1, 0.15) is 6.42 Å². The van der Waals surface area contributed by atoms with E-state index in [0.717, 1.165) is 22.2 Å². The molecule has 3 aromatic rings. The van der Waals surface area contributed by atoms with Crippen molar-refractivity contribution in [3.8, 4) is 0 Å². The number of carbonyl (C=O) groups excluding carboxylic acids is 2. The van der Waals surface area contributed by atoms with E-state index in [1.54, 1.807) is 12.3 Å². The van der Waals surface area contributed by atoms with Crippen LogP contribution in [0.15, 0.2) is 54.7 Å². The van der Waals surface area contributed by atoms with Gasteiger partial charge >= 0.3 is 0 Å². The van der Waals surface area contributed by atoms with Crippen molar-refractivity contribution in [2.75, 3.05) is 10.6 Å². The van der Waals surface area contributed by atoms with Gasteiger partial charge in [0.25, 0.3) is 0 Å². The van der Waals surface area contributed by atoms with Crippen LogP contribution in [0.2, 0.25) is 0 Å². The average Bonchev–Trinajstić information content (AvgIpc) is 2.58. The Kier molecular flexibility index (Phi) is 4.75. The lowest BCUT2D eigenvalue weighted by molar-refractivity contribution is -0.123. The number of amides is 2. The summed E-state index contributed by atoms with van der Waals surface area (Å²) < 4.78 is 0. The van der Waals surface area contributed by atoms with Gasteiger partial charge in [-0.1, -0.05) is 36.4 Å². The first-order valence-corrected chi connectivity index (χ1v) is 8.04. The summed E-state index contributed by atoms with van der Waals surface area (Å²) in [5, 5.41) is 6.52. The minimum absolute atomic E-state index is 0.253. The van der Waals surface area contributed by atoms with Crippen LogP contribution in [0.4, 0.5) is 11.4 Å². The second-order valence-corrected chi connectivity index (χ2v) is 5.92. The third-order valence-corrected chi connectivity index (χ3v) is 3.97. The highest BCUT2D eigenvalue weighted by molar-refractivity contribution is 6.10. The van der Waals surface area contributed by atoms with Crippen molar-refractivity contribution in [3.05, 3.63) is 65.9 Å². The quantitative estimate of drug-likeness (QED) is 0.713. The van der Waals surface area contributed by atoms with Gasteiger partial charge < -0.3 is 10.6 Å². The molecule has 0 aliphatic heterocycles. The number of hydrogen-bond acceptors (Lipinski definition) is 3. The van der Waals surface area contributed by atoms with Crippen molar-refractivity contribution in [2.24, 2.45) is 0 Å². The van der Waals surface area contributed by atoms with Crippen LogP contribution in [0.5, 0.6) is 0 Å². The highest BCUT2D eigenvalue weighted by atomic mass is 16.2. The van der Waals surface area contributed by atoms with Gasteiger partial charge in [0.2, 0.25) is 11.8 Å². The van der Waals surface area contributed by atoms with Crippen molar-refractivity contribution in [1.29, 1.82) is 0 Å². The Labute approximate surface area is 146 Å². The van der Waals surface area contributed by atoms with E-state index in [4.69, 9.17) is 0 Å². The largest absolute Gasteiger partial charge is 0.325 e. The molecular weight excluding hydrogens is 314 g/mol. The van der Waals surface area contributed by atoms with Crippen LogP contribution in [0, 0.1) is 13.8 Å². The zero-order valence-corrected chi connectivity index (χ0v) is 14.2. The Morgan fingerprint density at radius 2 is 1.52 bits per heavy atom. The van der Waals surface area contributed by atoms with Gasteiger partial charge in [0.05, 0.1) is 11.2 Å². The number of aromatic nitrogens is 1. The Hall–Kier alpha value is -3.21. The molecule has 0 spiro atoms. The molecule has 0 atom stereocenters. The molecule has 0 fully saturated rings. The molecular formula is C20H19N3O2. The highest BCUT2D eigenvalue weighted by Crippen LogP contribution is 2.21. The fourth-order valence-electron chi connectivity index (χ4n) is 2.74. The Bertz CT molecular complexity index is 925. The number of nitrogens with zero attached hydrogens (tertiary/aromatic N) is 1. The van der Waals surface area contributed by atoms with Gasteiger partial charge in [-0.3, -0.25) is 14.6 Å². The van der Waals surface area contributed by atoms with E-state index in [9.17, 15) is 9.59 Å².